The molecule has 1 amide bonds. The zero-order valence-electron chi connectivity index (χ0n) is 16.6. The smallest absolute Gasteiger partial charge is 0.230 e. The number of nitrogens with zero attached hydrogens (tertiary/aromatic N) is 4. The van der Waals surface area contributed by atoms with E-state index in [0.717, 1.165) is 37.9 Å². The van der Waals surface area contributed by atoms with Crippen molar-refractivity contribution in [2.24, 2.45) is 5.41 Å². The highest BCUT2D eigenvalue weighted by molar-refractivity contribution is 5.87. The average molecular weight is 391 g/mol. The van der Waals surface area contributed by atoms with Gasteiger partial charge in [0.2, 0.25) is 17.7 Å². The molecule has 1 N–H and O–H groups in total. The van der Waals surface area contributed by atoms with Crippen LogP contribution < -0.4 is 9.64 Å². The van der Waals surface area contributed by atoms with Crippen LogP contribution in [0.5, 0.6) is 5.88 Å². The third-order valence-electron chi connectivity index (χ3n) is 6.32. The molecule has 2 fully saturated rings. The number of anilines is 1. The van der Waals surface area contributed by atoms with Crippen molar-refractivity contribution in [2.75, 3.05) is 31.6 Å². The number of piperidine rings is 1. The predicted octanol–water partition coefficient (Wildman–Crippen LogP) is 2.99. The molecule has 1 atom stereocenters. The van der Waals surface area contributed by atoms with E-state index >= 15 is 0 Å². The van der Waals surface area contributed by atoms with Gasteiger partial charge in [-0.05, 0) is 30.9 Å². The van der Waals surface area contributed by atoms with E-state index < -0.39 is 0 Å². The predicted molar refractivity (Wildman–Crippen MR) is 111 cm³/mol. The van der Waals surface area contributed by atoms with Crippen LogP contribution in [0.15, 0.2) is 42.7 Å². The fraction of sp³-hybridized carbons (Fsp3) is 0.409. The Bertz CT molecular complexity index is 1050. The number of aromatic nitrogens is 3. The van der Waals surface area contributed by atoms with E-state index in [9.17, 15) is 4.79 Å². The minimum Gasteiger partial charge on any atom is -0.481 e. The molecule has 29 heavy (non-hydrogen) atoms. The van der Waals surface area contributed by atoms with Crippen LogP contribution in [0.2, 0.25) is 0 Å². The number of para-hydroxylation sites is 1. The Labute approximate surface area is 169 Å². The molecule has 0 saturated carbocycles. The minimum atomic E-state index is -0.337. The number of aromatic amines is 1. The first-order chi connectivity index (χ1) is 14.2. The van der Waals surface area contributed by atoms with Crippen molar-refractivity contribution >= 4 is 22.8 Å². The monoisotopic (exact) mass is 391 g/mol. The van der Waals surface area contributed by atoms with Gasteiger partial charge in [0.05, 0.1) is 12.5 Å². The van der Waals surface area contributed by atoms with Crippen LogP contribution in [0, 0.1) is 5.41 Å². The molecule has 1 unspecified atom stereocenters. The zero-order valence-corrected chi connectivity index (χ0v) is 16.6. The lowest BCUT2D eigenvalue weighted by atomic mass is 9.78. The summed E-state index contributed by atoms with van der Waals surface area (Å²) in [5.41, 5.74) is 1.96. The number of H-pyrrole nitrogens is 1. The summed E-state index contributed by atoms with van der Waals surface area (Å²) in [6.45, 7) is 2.93. The maximum atomic E-state index is 13.5. The molecule has 1 aromatic carbocycles. The molecule has 5 rings (SSSR count). The number of benzene rings is 1. The molecule has 0 radical (unpaired) electrons. The Hall–Kier alpha value is -3.09. The lowest BCUT2D eigenvalue weighted by Gasteiger charge is -2.39. The lowest BCUT2D eigenvalue weighted by Crippen LogP contribution is -2.49. The van der Waals surface area contributed by atoms with Crippen molar-refractivity contribution in [3.8, 4) is 5.88 Å². The number of rotatable bonds is 4. The second-order valence-electron chi connectivity index (χ2n) is 8.04. The third-order valence-corrected chi connectivity index (χ3v) is 6.32. The van der Waals surface area contributed by atoms with Gasteiger partial charge in [-0.1, -0.05) is 18.2 Å². The van der Waals surface area contributed by atoms with E-state index in [4.69, 9.17) is 4.74 Å². The van der Waals surface area contributed by atoms with E-state index in [1.807, 2.05) is 23.2 Å². The van der Waals surface area contributed by atoms with Gasteiger partial charge < -0.3 is 19.5 Å². The van der Waals surface area contributed by atoms with Gasteiger partial charge in [-0.3, -0.25) is 4.79 Å². The van der Waals surface area contributed by atoms with E-state index in [1.54, 1.807) is 19.4 Å². The first-order valence-corrected chi connectivity index (χ1v) is 10.1. The number of carbonyl (C=O) groups excluding carboxylic acids is 1. The fourth-order valence-corrected chi connectivity index (χ4v) is 4.79. The first-order valence-electron chi connectivity index (χ1n) is 10.1. The van der Waals surface area contributed by atoms with Crippen LogP contribution in [-0.2, 0) is 11.3 Å². The second-order valence-corrected chi connectivity index (χ2v) is 8.04. The van der Waals surface area contributed by atoms with Crippen LogP contribution in [0.3, 0.4) is 0 Å². The third kappa shape index (κ3) is 3.10. The van der Waals surface area contributed by atoms with Crippen LogP contribution in [0.25, 0.3) is 10.9 Å². The Morgan fingerprint density at radius 2 is 2.10 bits per heavy atom. The van der Waals surface area contributed by atoms with Crippen LogP contribution in [0.1, 0.15) is 24.8 Å². The molecule has 2 aliphatic rings. The molecule has 0 bridgehead atoms. The van der Waals surface area contributed by atoms with E-state index in [1.165, 1.54) is 10.9 Å². The summed E-state index contributed by atoms with van der Waals surface area (Å²) in [5.74, 6) is 1.45. The number of likely N-dealkylation sites (tertiary alicyclic amines) is 1. The molecule has 7 nitrogen and oxygen atoms in total. The number of carbonyl (C=O) groups is 1. The SMILES string of the molecule is COc1ccnc(N2CCC3(CCCN(Cc4c[nH]c5ccccc45)C3=O)C2)n1. The lowest BCUT2D eigenvalue weighted by molar-refractivity contribution is -0.145. The Balaban J connectivity index is 1.35. The molecule has 3 aromatic rings. The highest BCUT2D eigenvalue weighted by Gasteiger charge is 2.49. The largest absolute Gasteiger partial charge is 0.481 e. The van der Waals surface area contributed by atoms with Crippen LogP contribution in [-0.4, -0.2) is 52.5 Å². The summed E-state index contributed by atoms with van der Waals surface area (Å²) < 4.78 is 5.23. The van der Waals surface area contributed by atoms with Gasteiger partial charge in [-0.2, -0.15) is 4.98 Å². The summed E-state index contributed by atoms with van der Waals surface area (Å²) in [6, 6.07) is 9.99. The van der Waals surface area contributed by atoms with Crippen molar-refractivity contribution in [1.82, 2.24) is 19.9 Å². The standard InChI is InChI=1S/C22H25N5O2/c1-29-19-7-10-23-21(25-19)27-12-9-22(15-27)8-4-11-26(20(22)28)14-16-13-24-18-6-3-2-5-17(16)18/h2-3,5-7,10,13,24H,4,8-9,11-12,14-15H2,1H3. The van der Waals surface area contributed by atoms with Gasteiger partial charge in [0.25, 0.3) is 0 Å². The number of ether oxygens (including phenoxy) is 1. The summed E-state index contributed by atoms with van der Waals surface area (Å²) in [7, 11) is 1.60. The molecule has 2 saturated heterocycles. The zero-order chi connectivity index (χ0) is 19.8. The summed E-state index contributed by atoms with van der Waals surface area (Å²) >= 11 is 0. The van der Waals surface area contributed by atoms with E-state index in [-0.39, 0.29) is 11.3 Å². The molecule has 0 aliphatic carbocycles. The molecule has 150 valence electrons. The van der Waals surface area contributed by atoms with Crippen molar-refractivity contribution in [1.29, 1.82) is 0 Å². The highest BCUT2D eigenvalue weighted by Crippen LogP contribution is 2.41. The van der Waals surface area contributed by atoms with Gasteiger partial charge in [-0.25, -0.2) is 4.98 Å². The van der Waals surface area contributed by atoms with Gasteiger partial charge >= 0.3 is 0 Å². The number of methoxy groups -OCH3 is 1. The number of fused-ring (bicyclic) bond motifs is 1. The first kappa shape index (κ1) is 18.0. The Morgan fingerprint density at radius 3 is 3.00 bits per heavy atom. The highest BCUT2D eigenvalue weighted by atomic mass is 16.5. The number of hydrogen-bond acceptors (Lipinski definition) is 5. The fourth-order valence-electron chi connectivity index (χ4n) is 4.79. The quantitative estimate of drug-likeness (QED) is 0.740. The summed E-state index contributed by atoms with van der Waals surface area (Å²) in [5, 5.41) is 1.19. The number of hydrogen-bond donors (Lipinski definition) is 1. The maximum Gasteiger partial charge on any atom is 0.230 e. The second kappa shape index (κ2) is 7.06. The molecule has 2 aliphatic heterocycles. The van der Waals surface area contributed by atoms with Crippen molar-refractivity contribution in [2.45, 2.75) is 25.8 Å². The van der Waals surface area contributed by atoms with Gasteiger partial charge in [0.15, 0.2) is 0 Å². The van der Waals surface area contributed by atoms with E-state index in [2.05, 4.69) is 32.0 Å². The van der Waals surface area contributed by atoms with Crippen LogP contribution in [0.4, 0.5) is 5.95 Å². The number of nitrogens with one attached hydrogen (secondary N) is 1. The molecule has 7 heteroatoms. The Kier molecular flexibility index (Phi) is 4.38. The molecule has 1 spiro atoms. The topological polar surface area (TPSA) is 74.3 Å². The maximum absolute atomic E-state index is 13.5. The molecular weight excluding hydrogens is 366 g/mol. The van der Waals surface area contributed by atoms with E-state index in [0.29, 0.717) is 24.9 Å². The summed E-state index contributed by atoms with van der Waals surface area (Å²) in [6.07, 6.45) is 6.54. The van der Waals surface area contributed by atoms with Gasteiger partial charge in [0.1, 0.15) is 0 Å². The van der Waals surface area contributed by atoms with Crippen molar-refractivity contribution < 1.29 is 9.53 Å². The van der Waals surface area contributed by atoms with Crippen molar-refractivity contribution in [3.05, 3.63) is 48.3 Å². The minimum absolute atomic E-state index is 0.263. The van der Waals surface area contributed by atoms with Crippen molar-refractivity contribution in [3.63, 3.8) is 0 Å². The normalized spacial score (nSPS) is 22.0. The summed E-state index contributed by atoms with van der Waals surface area (Å²) in [4.78, 5) is 29.9. The molecular formula is C22H25N5O2. The van der Waals surface area contributed by atoms with Gasteiger partial charge in [0, 0.05) is 55.5 Å². The number of amides is 1. The molecule has 2 aromatic heterocycles. The Morgan fingerprint density at radius 1 is 1.21 bits per heavy atom. The molecule has 4 heterocycles. The average Bonchev–Trinajstić information content (AvgIpc) is 3.37. The van der Waals surface area contributed by atoms with Gasteiger partial charge in [-0.15, -0.1) is 0 Å². The van der Waals surface area contributed by atoms with Crippen LogP contribution >= 0.6 is 0 Å².